The molecule has 0 radical (unpaired) electrons. The topological polar surface area (TPSA) is 18.5 Å². The van der Waals surface area contributed by atoms with Crippen LogP contribution in [0.3, 0.4) is 0 Å². The van der Waals surface area contributed by atoms with Gasteiger partial charge in [-0.2, -0.15) is 0 Å². The van der Waals surface area contributed by atoms with E-state index in [1.165, 1.54) is 0 Å². The maximum Gasteiger partial charge on any atom is 0.192 e. The van der Waals surface area contributed by atoms with Crippen molar-refractivity contribution in [3.63, 3.8) is 0 Å². The average molecular weight is 252 g/mol. The van der Waals surface area contributed by atoms with Crippen LogP contribution in [0.25, 0.3) is 0 Å². The van der Waals surface area contributed by atoms with Crippen LogP contribution in [-0.4, -0.2) is 21.5 Å². The fourth-order valence-corrected chi connectivity index (χ4v) is 2.22. The first-order valence-corrected chi connectivity index (χ1v) is 9.05. The van der Waals surface area contributed by atoms with Gasteiger partial charge in [0.15, 0.2) is 8.32 Å². The minimum absolute atomic E-state index is 0.264. The van der Waals surface area contributed by atoms with E-state index in [0.717, 1.165) is 5.75 Å². The lowest BCUT2D eigenvalue weighted by Crippen LogP contribution is -2.41. The van der Waals surface area contributed by atoms with Gasteiger partial charge < -0.3 is 9.16 Å². The number of benzene rings is 1. The minimum Gasteiger partial charge on any atom is -0.491 e. The fraction of sp³-hybridized carbons (Fsp3) is 0.571. The molecular formula is C14H24O2Si. The van der Waals surface area contributed by atoms with E-state index < -0.39 is 8.32 Å². The Labute approximate surface area is 106 Å². The molecule has 0 aromatic heterocycles. The predicted octanol–water partition coefficient (Wildman–Crippen LogP) is 4.09. The Morgan fingerprint density at radius 3 is 2.12 bits per heavy atom. The first-order chi connectivity index (χ1) is 7.83. The lowest BCUT2D eigenvalue weighted by Gasteiger charge is -2.36. The molecular weight excluding hydrogens is 228 g/mol. The van der Waals surface area contributed by atoms with Crippen LogP contribution >= 0.6 is 0 Å². The van der Waals surface area contributed by atoms with Crippen molar-refractivity contribution >= 4 is 8.32 Å². The summed E-state index contributed by atoms with van der Waals surface area (Å²) in [5.41, 5.74) is 0. The number of ether oxygens (including phenoxy) is 1. The van der Waals surface area contributed by atoms with Gasteiger partial charge in [-0.1, -0.05) is 39.0 Å². The molecule has 2 nitrogen and oxygen atoms in total. The second-order valence-electron chi connectivity index (χ2n) is 5.77. The molecule has 0 aliphatic rings. The van der Waals surface area contributed by atoms with Crippen molar-refractivity contribution in [2.75, 3.05) is 13.2 Å². The molecule has 0 saturated heterocycles. The Morgan fingerprint density at radius 1 is 1.00 bits per heavy atom. The molecule has 1 aromatic carbocycles. The summed E-state index contributed by atoms with van der Waals surface area (Å²) in [4.78, 5) is 0. The van der Waals surface area contributed by atoms with Crippen LogP contribution in [0.1, 0.15) is 20.8 Å². The lowest BCUT2D eigenvalue weighted by molar-refractivity contribution is 0.203. The number of rotatable bonds is 5. The van der Waals surface area contributed by atoms with Gasteiger partial charge in [0, 0.05) is 0 Å². The van der Waals surface area contributed by atoms with Crippen molar-refractivity contribution in [1.29, 1.82) is 0 Å². The number of para-hydroxylation sites is 1. The van der Waals surface area contributed by atoms with Crippen LogP contribution in [0.15, 0.2) is 30.3 Å². The second-order valence-corrected chi connectivity index (χ2v) is 10.6. The molecule has 0 fully saturated rings. The van der Waals surface area contributed by atoms with Gasteiger partial charge in [0.1, 0.15) is 12.4 Å². The molecule has 96 valence electrons. The third-order valence-electron chi connectivity index (χ3n) is 3.36. The van der Waals surface area contributed by atoms with Crippen molar-refractivity contribution in [2.45, 2.75) is 38.9 Å². The highest BCUT2D eigenvalue weighted by Crippen LogP contribution is 2.36. The molecule has 0 unspecified atom stereocenters. The highest BCUT2D eigenvalue weighted by molar-refractivity contribution is 6.74. The first-order valence-electron chi connectivity index (χ1n) is 6.15. The van der Waals surface area contributed by atoms with E-state index in [0.29, 0.717) is 13.2 Å². The Kier molecular flexibility index (Phi) is 4.77. The van der Waals surface area contributed by atoms with Crippen LogP contribution < -0.4 is 4.74 Å². The molecule has 0 spiro atoms. The van der Waals surface area contributed by atoms with E-state index in [4.69, 9.17) is 9.16 Å². The summed E-state index contributed by atoms with van der Waals surface area (Å²) < 4.78 is 11.6. The van der Waals surface area contributed by atoms with Crippen LogP contribution in [-0.2, 0) is 4.43 Å². The third-order valence-corrected chi connectivity index (χ3v) is 7.90. The molecule has 17 heavy (non-hydrogen) atoms. The van der Waals surface area contributed by atoms with E-state index in [2.05, 4.69) is 33.9 Å². The lowest BCUT2D eigenvalue weighted by atomic mass is 10.2. The molecule has 0 N–H and O–H groups in total. The highest BCUT2D eigenvalue weighted by atomic mass is 28.4. The molecule has 1 aromatic rings. The second kappa shape index (κ2) is 5.69. The third kappa shape index (κ3) is 4.52. The van der Waals surface area contributed by atoms with E-state index in [-0.39, 0.29) is 5.04 Å². The zero-order valence-corrected chi connectivity index (χ0v) is 12.6. The van der Waals surface area contributed by atoms with Crippen LogP contribution in [0.4, 0.5) is 0 Å². The molecule has 0 aliphatic carbocycles. The quantitative estimate of drug-likeness (QED) is 0.580. The van der Waals surface area contributed by atoms with Crippen molar-refractivity contribution in [3.05, 3.63) is 30.3 Å². The van der Waals surface area contributed by atoms with Gasteiger partial charge in [0.25, 0.3) is 0 Å². The van der Waals surface area contributed by atoms with Gasteiger partial charge in [0.2, 0.25) is 0 Å². The van der Waals surface area contributed by atoms with E-state index in [1.807, 2.05) is 30.3 Å². The van der Waals surface area contributed by atoms with Gasteiger partial charge in [-0.25, -0.2) is 0 Å². The van der Waals surface area contributed by atoms with E-state index in [9.17, 15) is 0 Å². The van der Waals surface area contributed by atoms with Crippen molar-refractivity contribution in [1.82, 2.24) is 0 Å². The summed E-state index contributed by atoms with van der Waals surface area (Å²) in [7, 11) is -1.62. The molecule has 0 atom stereocenters. The number of hydrogen-bond acceptors (Lipinski definition) is 2. The maximum absolute atomic E-state index is 6.03. The zero-order chi connectivity index (χ0) is 12.9. The summed E-state index contributed by atoms with van der Waals surface area (Å²) in [6.07, 6.45) is 0. The molecule has 0 saturated carbocycles. The Hall–Kier alpha value is -0.803. The Morgan fingerprint density at radius 2 is 1.59 bits per heavy atom. The van der Waals surface area contributed by atoms with E-state index in [1.54, 1.807) is 0 Å². The summed E-state index contributed by atoms with van der Waals surface area (Å²) in [5.74, 6) is 0.909. The molecule has 0 bridgehead atoms. The van der Waals surface area contributed by atoms with Gasteiger partial charge in [-0.15, -0.1) is 0 Å². The molecule has 0 amide bonds. The van der Waals surface area contributed by atoms with Crippen LogP contribution in [0.5, 0.6) is 5.75 Å². The average Bonchev–Trinajstić information content (AvgIpc) is 2.24. The zero-order valence-electron chi connectivity index (χ0n) is 11.6. The summed E-state index contributed by atoms with van der Waals surface area (Å²) in [6, 6.07) is 9.87. The summed E-state index contributed by atoms with van der Waals surface area (Å²) in [5, 5.41) is 0.264. The molecule has 1 rings (SSSR count). The van der Waals surface area contributed by atoms with Gasteiger partial charge in [-0.05, 0) is 30.3 Å². The summed E-state index contributed by atoms with van der Waals surface area (Å²) >= 11 is 0. The maximum atomic E-state index is 6.03. The largest absolute Gasteiger partial charge is 0.491 e. The Bertz CT molecular complexity index is 328. The predicted molar refractivity (Wildman–Crippen MR) is 75.1 cm³/mol. The first kappa shape index (κ1) is 14.3. The molecule has 0 aliphatic heterocycles. The fourth-order valence-electron chi connectivity index (χ4n) is 1.19. The standard InChI is InChI=1S/C14H24O2Si/c1-14(2,3)17(4,5)16-12-11-15-13-9-7-6-8-10-13/h6-10H,11-12H2,1-5H3. The van der Waals surface area contributed by atoms with Crippen molar-refractivity contribution in [3.8, 4) is 5.75 Å². The molecule has 3 heteroatoms. The van der Waals surface area contributed by atoms with Crippen LogP contribution in [0.2, 0.25) is 18.1 Å². The smallest absolute Gasteiger partial charge is 0.192 e. The van der Waals surface area contributed by atoms with Gasteiger partial charge in [-0.3, -0.25) is 0 Å². The van der Waals surface area contributed by atoms with Crippen molar-refractivity contribution in [2.24, 2.45) is 0 Å². The minimum atomic E-state index is -1.62. The SMILES string of the molecule is CC(C)(C)[Si](C)(C)OCCOc1ccccc1. The highest BCUT2D eigenvalue weighted by Gasteiger charge is 2.36. The van der Waals surface area contributed by atoms with Gasteiger partial charge in [0.05, 0.1) is 6.61 Å². The number of hydrogen-bond donors (Lipinski definition) is 0. The normalized spacial score (nSPS) is 12.5. The van der Waals surface area contributed by atoms with Gasteiger partial charge >= 0.3 is 0 Å². The molecule has 0 heterocycles. The Balaban J connectivity index is 2.30. The van der Waals surface area contributed by atoms with Crippen LogP contribution in [0, 0.1) is 0 Å². The monoisotopic (exact) mass is 252 g/mol. The van der Waals surface area contributed by atoms with Crippen molar-refractivity contribution < 1.29 is 9.16 Å². The van der Waals surface area contributed by atoms with E-state index >= 15 is 0 Å². The summed E-state index contributed by atoms with van der Waals surface area (Å²) in [6.45, 7) is 12.6.